The second-order valence-corrected chi connectivity index (χ2v) is 12.1. The Bertz CT molecular complexity index is 1250. The quantitative estimate of drug-likeness (QED) is 0.608. The molecule has 2 aromatic carbocycles. The van der Waals surface area contributed by atoms with Gasteiger partial charge in [-0.15, -0.1) is 0 Å². The van der Waals surface area contributed by atoms with Gasteiger partial charge in [-0.3, -0.25) is 4.79 Å². The van der Waals surface area contributed by atoms with Gasteiger partial charge in [-0.25, -0.2) is 21.6 Å². The average molecular weight is 520 g/mol. The van der Waals surface area contributed by atoms with Gasteiger partial charge in [0.1, 0.15) is 4.90 Å². The molecular formula is C20H23Cl2N3O5S2. The van der Waals surface area contributed by atoms with Gasteiger partial charge in [-0.1, -0.05) is 29.3 Å². The number of halogens is 2. The van der Waals surface area contributed by atoms with Crippen molar-refractivity contribution in [3.05, 3.63) is 52.0 Å². The standard InChI is InChI=1S/C20H23Cl2N3O5S2/c1-13-5-7-16(31(27,28)23-2)11-18(13)24-20(26)14-4-3-9-25(12-14)32(29,30)19-10-15(21)6-8-17(19)22/h5-8,10-11,14,23H,3-4,9,12H2,1-2H3,(H,24,26). The van der Waals surface area contributed by atoms with E-state index in [1.54, 1.807) is 13.0 Å². The first-order chi connectivity index (χ1) is 15.0. The zero-order chi connectivity index (χ0) is 23.7. The number of benzene rings is 2. The Hall–Kier alpha value is -1.69. The fourth-order valence-corrected chi connectivity index (χ4v) is 6.46. The maximum atomic E-state index is 13.1. The van der Waals surface area contributed by atoms with E-state index in [2.05, 4.69) is 10.0 Å². The van der Waals surface area contributed by atoms with E-state index in [0.29, 0.717) is 24.1 Å². The number of rotatable bonds is 6. The molecule has 2 aromatic rings. The van der Waals surface area contributed by atoms with Crippen LogP contribution in [0, 0.1) is 12.8 Å². The number of nitrogens with one attached hydrogen (secondary N) is 2. The van der Waals surface area contributed by atoms with E-state index in [4.69, 9.17) is 23.2 Å². The molecule has 0 radical (unpaired) electrons. The van der Waals surface area contributed by atoms with Crippen molar-refractivity contribution in [3.8, 4) is 0 Å². The first-order valence-electron chi connectivity index (χ1n) is 9.76. The van der Waals surface area contributed by atoms with Gasteiger partial charge in [0, 0.05) is 23.8 Å². The lowest BCUT2D eigenvalue weighted by molar-refractivity contribution is -0.120. The van der Waals surface area contributed by atoms with Gasteiger partial charge >= 0.3 is 0 Å². The van der Waals surface area contributed by atoms with Crippen LogP contribution in [0.5, 0.6) is 0 Å². The molecule has 2 N–H and O–H groups in total. The number of sulfonamides is 2. The topological polar surface area (TPSA) is 113 Å². The van der Waals surface area contributed by atoms with E-state index in [0.717, 1.165) is 0 Å². The molecule has 1 amide bonds. The highest BCUT2D eigenvalue weighted by molar-refractivity contribution is 7.89. The van der Waals surface area contributed by atoms with Crippen molar-refractivity contribution in [1.29, 1.82) is 0 Å². The zero-order valence-corrected chi connectivity index (χ0v) is 20.6. The Morgan fingerprint density at radius 3 is 2.50 bits per heavy atom. The van der Waals surface area contributed by atoms with Crippen LogP contribution in [-0.2, 0) is 24.8 Å². The van der Waals surface area contributed by atoms with Crippen LogP contribution in [0.4, 0.5) is 5.69 Å². The third-order valence-corrected chi connectivity index (χ3v) is 9.31. The van der Waals surface area contributed by atoms with E-state index in [9.17, 15) is 21.6 Å². The number of piperidine rings is 1. The maximum absolute atomic E-state index is 13.1. The highest BCUT2D eigenvalue weighted by atomic mass is 35.5. The van der Waals surface area contributed by atoms with Gasteiger partial charge < -0.3 is 5.32 Å². The minimum atomic E-state index is -3.94. The molecule has 1 atom stereocenters. The van der Waals surface area contributed by atoms with Gasteiger partial charge in [-0.2, -0.15) is 4.31 Å². The van der Waals surface area contributed by atoms with Crippen molar-refractivity contribution >= 4 is 54.8 Å². The summed E-state index contributed by atoms with van der Waals surface area (Å²) in [6.45, 7) is 1.97. The van der Waals surface area contributed by atoms with Gasteiger partial charge in [-0.05, 0) is 62.7 Å². The molecule has 1 unspecified atom stereocenters. The van der Waals surface area contributed by atoms with Crippen molar-refractivity contribution in [1.82, 2.24) is 9.03 Å². The molecular weight excluding hydrogens is 497 g/mol. The lowest BCUT2D eigenvalue weighted by Crippen LogP contribution is -2.43. The minimum absolute atomic E-state index is 0.0179. The van der Waals surface area contributed by atoms with Gasteiger partial charge in [0.2, 0.25) is 26.0 Å². The number of aryl methyl sites for hydroxylation is 1. The van der Waals surface area contributed by atoms with Crippen LogP contribution in [0.25, 0.3) is 0 Å². The third kappa shape index (κ3) is 5.27. The van der Waals surface area contributed by atoms with E-state index in [1.165, 1.54) is 41.7 Å². The molecule has 3 rings (SSSR count). The van der Waals surface area contributed by atoms with E-state index < -0.39 is 26.0 Å². The lowest BCUT2D eigenvalue weighted by atomic mass is 9.98. The van der Waals surface area contributed by atoms with Crippen molar-refractivity contribution in [2.24, 2.45) is 5.92 Å². The number of hydrogen-bond donors (Lipinski definition) is 2. The zero-order valence-electron chi connectivity index (χ0n) is 17.4. The van der Waals surface area contributed by atoms with Crippen LogP contribution >= 0.6 is 23.2 Å². The number of carbonyl (C=O) groups is 1. The Balaban J connectivity index is 1.81. The second-order valence-electron chi connectivity index (χ2n) is 7.45. The van der Waals surface area contributed by atoms with Crippen LogP contribution in [0.15, 0.2) is 46.2 Å². The molecule has 0 bridgehead atoms. The first kappa shape index (κ1) is 24.9. The molecule has 0 aromatic heterocycles. The first-order valence-corrected chi connectivity index (χ1v) is 13.4. The summed E-state index contributed by atoms with van der Waals surface area (Å²) in [5, 5.41) is 3.05. The van der Waals surface area contributed by atoms with Crippen LogP contribution < -0.4 is 10.0 Å². The van der Waals surface area contributed by atoms with E-state index in [-0.39, 0.29) is 38.8 Å². The van der Waals surface area contributed by atoms with Crippen molar-refractivity contribution in [2.75, 3.05) is 25.5 Å². The molecule has 0 saturated carbocycles. The predicted molar refractivity (Wildman–Crippen MR) is 124 cm³/mol. The summed E-state index contributed by atoms with van der Waals surface area (Å²) in [4.78, 5) is 12.9. The SMILES string of the molecule is CNS(=O)(=O)c1ccc(C)c(NC(=O)C2CCCN(S(=O)(=O)c3cc(Cl)ccc3Cl)C2)c1. The molecule has 1 saturated heterocycles. The van der Waals surface area contributed by atoms with Crippen LogP contribution in [0.1, 0.15) is 18.4 Å². The fraction of sp³-hybridized carbons (Fsp3) is 0.350. The molecule has 8 nitrogen and oxygen atoms in total. The van der Waals surface area contributed by atoms with E-state index >= 15 is 0 Å². The summed E-state index contributed by atoms with van der Waals surface area (Å²) in [5.74, 6) is -0.996. The second kappa shape index (κ2) is 9.66. The number of hydrogen-bond acceptors (Lipinski definition) is 5. The smallest absolute Gasteiger partial charge is 0.244 e. The Kier molecular flexibility index (Phi) is 7.53. The molecule has 1 fully saturated rings. The largest absolute Gasteiger partial charge is 0.326 e. The summed E-state index contributed by atoms with van der Waals surface area (Å²) < 4.78 is 53.8. The number of carbonyl (C=O) groups excluding carboxylic acids is 1. The van der Waals surface area contributed by atoms with Crippen LogP contribution in [0.3, 0.4) is 0 Å². The Morgan fingerprint density at radius 1 is 1.09 bits per heavy atom. The number of nitrogens with zero attached hydrogens (tertiary/aromatic N) is 1. The minimum Gasteiger partial charge on any atom is -0.326 e. The number of amides is 1. The van der Waals surface area contributed by atoms with Crippen LogP contribution in [-0.4, -0.2) is 47.2 Å². The highest BCUT2D eigenvalue weighted by Gasteiger charge is 2.34. The molecule has 174 valence electrons. The van der Waals surface area contributed by atoms with E-state index in [1.807, 2.05) is 0 Å². The molecule has 1 aliphatic rings. The molecule has 1 aliphatic heterocycles. The Morgan fingerprint density at radius 2 is 1.81 bits per heavy atom. The highest BCUT2D eigenvalue weighted by Crippen LogP contribution is 2.31. The molecule has 32 heavy (non-hydrogen) atoms. The summed E-state index contributed by atoms with van der Waals surface area (Å²) in [6, 6.07) is 8.63. The summed E-state index contributed by atoms with van der Waals surface area (Å²) in [7, 11) is -6.32. The monoisotopic (exact) mass is 519 g/mol. The van der Waals surface area contributed by atoms with Gasteiger partial charge in [0.05, 0.1) is 15.8 Å². The maximum Gasteiger partial charge on any atom is 0.244 e. The van der Waals surface area contributed by atoms with Gasteiger partial charge in [0.15, 0.2) is 0 Å². The molecule has 0 aliphatic carbocycles. The predicted octanol–water partition coefficient (Wildman–Crippen LogP) is 3.25. The average Bonchev–Trinajstić information content (AvgIpc) is 2.76. The van der Waals surface area contributed by atoms with Gasteiger partial charge in [0.25, 0.3) is 0 Å². The summed E-state index contributed by atoms with van der Waals surface area (Å²) in [5.41, 5.74) is 1.03. The van der Waals surface area contributed by atoms with Crippen molar-refractivity contribution in [3.63, 3.8) is 0 Å². The summed E-state index contributed by atoms with van der Waals surface area (Å²) in [6.07, 6.45) is 0.983. The van der Waals surface area contributed by atoms with Crippen LogP contribution in [0.2, 0.25) is 10.0 Å². The molecule has 12 heteroatoms. The molecule has 1 heterocycles. The fourth-order valence-electron chi connectivity index (χ4n) is 3.44. The Labute approximate surface area is 198 Å². The third-order valence-electron chi connectivity index (χ3n) is 5.31. The van der Waals surface area contributed by atoms with Crippen molar-refractivity contribution in [2.45, 2.75) is 29.6 Å². The summed E-state index contributed by atoms with van der Waals surface area (Å²) >= 11 is 12.0. The van der Waals surface area contributed by atoms with Crippen molar-refractivity contribution < 1.29 is 21.6 Å². The molecule has 0 spiro atoms. The lowest BCUT2D eigenvalue weighted by Gasteiger charge is -2.31. The normalized spacial score (nSPS) is 17.8. The number of anilines is 1.